The third kappa shape index (κ3) is 13.7. The summed E-state index contributed by atoms with van der Waals surface area (Å²) in [6, 6.07) is 36.3. The van der Waals surface area contributed by atoms with E-state index in [2.05, 4.69) is 52.7 Å². The van der Waals surface area contributed by atoms with Crippen LogP contribution in [0.15, 0.2) is 109 Å². The fourth-order valence-electron chi connectivity index (χ4n) is 5.68. The van der Waals surface area contributed by atoms with Crippen LogP contribution in [0, 0.1) is 0 Å². The number of rotatable bonds is 15. The van der Waals surface area contributed by atoms with E-state index in [1.807, 2.05) is 71.6 Å². The van der Waals surface area contributed by atoms with Gasteiger partial charge < -0.3 is 25.0 Å². The molecule has 0 radical (unpaired) electrons. The first-order valence-electron chi connectivity index (χ1n) is 17.0. The number of carbonyl (C=O) groups excluding carboxylic acids is 2. The van der Waals surface area contributed by atoms with Gasteiger partial charge in [0, 0.05) is 31.7 Å². The zero-order valence-corrected chi connectivity index (χ0v) is 28.5. The number of amides is 2. The summed E-state index contributed by atoms with van der Waals surface area (Å²) in [5.41, 5.74) is 6.01. The van der Waals surface area contributed by atoms with E-state index in [4.69, 9.17) is 14.6 Å². The second-order valence-electron chi connectivity index (χ2n) is 12.3. The van der Waals surface area contributed by atoms with Crippen LogP contribution in [0.2, 0.25) is 0 Å². The lowest BCUT2D eigenvalue weighted by atomic mass is 10.0. The van der Waals surface area contributed by atoms with Crippen LogP contribution in [-0.2, 0) is 33.9 Å². The molecule has 0 aliphatic carbocycles. The van der Waals surface area contributed by atoms with Crippen molar-refractivity contribution in [3.8, 4) is 11.1 Å². The van der Waals surface area contributed by atoms with E-state index in [0.29, 0.717) is 31.8 Å². The lowest BCUT2D eigenvalue weighted by molar-refractivity contribution is -0.192. The van der Waals surface area contributed by atoms with Gasteiger partial charge in [0.05, 0.1) is 6.61 Å². The van der Waals surface area contributed by atoms with Crippen molar-refractivity contribution < 1.29 is 37.4 Å². The average molecular weight is 704 g/mol. The minimum absolute atomic E-state index is 0.0213. The van der Waals surface area contributed by atoms with Gasteiger partial charge in [0.25, 0.3) is 5.91 Å². The van der Waals surface area contributed by atoms with E-state index in [-0.39, 0.29) is 18.4 Å². The van der Waals surface area contributed by atoms with Crippen molar-refractivity contribution in [3.05, 3.63) is 131 Å². The maximum Gasteiger partial charge on any atom is 0.490 e. The van der Waals surface area contributed by atoms with E-state index in [0.717, 1.165) is 54.7 Å². The van der Waals surface area contributed by atoms with Gasteiger partial charge >= 0.3 is 12.1 Å². The Hall–Kier alpha value is -5.00. The highest BCUT2D eigenvalue weighted by atomic mass is 19.4. The highest BCUT2D eigenvalue weighted by molar-refractivity contribution is 5.95. The molecule has 0 saturated carbocycles. The van der Waals surface area contributed by atoms with Crippen molar-refractivity contribution in [2.75, 3.05) is 39.3 Å². The smallest absolute Gasteiger partial charge is 0.475 e. The molecule has 5 rings (SSSR count). The molecule has 1 aliphatic rings. The molecular formula is C40H44F3N3O5. The standard InChI is InChI=1S/C38H43N3O3.C2HF3O2/c42-37(30-44-29-32-14-5-2-6-15-32)41(24-11-17-31-12-3-1-4-13-31)28-33-16-9-18-34(26-33)35-19-10-20-36(27-35)38(43)39-21-25-40-22-7-8-23-40;3-2(4,5)1(6)7/h1-6,9-10,12-16,18-20,26-27H,7-8,11,17,21-25,28-30H2,(H,39,43);(H,6,7). The SMILES string of the molecule is O=C(NCCN1CCCC1)c1cccc(-c2cccc(CN(CCCc3ccccc3)C(=O)COCc3ccccc3)c2)c1.O=C(O)C(F)(F)F. The van der Waals surface area contributed by atoms with Crippen LogP contribution in [-0.4, -0.2) is 78.2 Å². The Morgan fingerprint density at radius 3 is 2.02 bits per heavy atom. The highest BCUT2D eigenvalue weighted by Crippen LogP contribution is 2.23. The molecule has 1 fully saturated rings. The highest BCUT2D eigenvalue weighted by Gasteiger charge is 2.38. The number of nitrogens with one attached hydrogen (secondary N) is 1. The molecule has 8 nitrogen and oxygen atoms in total. The lowest BCUT2D eigenvalue weighted by Crippen LogP contribution is -2.34. The van der Waals surface area contributed by atoms with Crippen molar-refractivity contribution in [3.63, 3.8) is 0 Å². The van der Waals surface area contributed by atoms with E-state index >= 15 is 0 Å². The number of hydrogen-bond donors (Lipinski definition) is 2. The minimum Gasteiger partial charge on any atom is -0.475 e. The van der Waals surface area contributed by atoms with Crippen LogP contribution in [0.1, 0.15) is 46.3 Å². The van der Waals surface area contributed by atoms with E-state index in [9.17, 15) is 22.8 Å². The molecule has 1 aliphatic heterocycles. The second kappa shape index (κ2) is 20.0. The largest absolute Gasteiger partial charge is 0.490 e. The van der Waals surface area contributed by atoms with Gasteiger partial charge in [-0.15, -0.1) is 0 Å². The molecule has 1 saturated heterocycles. The number of nitrogens with zero attached hydrogens (tertiary/aromatic N) is 2. The van der Waals surface area contributed by atoms with Crippen molar-refractivity contribution >= 4 is 17.8 Å². The maximum atomic E-state index is 13.4. The first-order valence-corrected chi connectivity index (χ1v) is 17.0. The zero-order valence-electron chi connectivity index (χ0n) is 28.5. The molecular weight excluding hydrogens is 659 g/mol. The number of benzene rings is 4. The van der Waals surface area contributed by atoms with Crippen LogP contribution in [0.3, 0.4) is 0 Å². The number of carboxylic acid groups (broad SMARTS) is 1. The normalized spacial score (nSPS) is 12.8. The third-order valence-electron chi connectivity index (χ3n) is 8.34. The van der Waals surface area contributed by atoms with Gasteiger partial charge in [0.1, 0.15) is 6.61 Å². The van der Waals surface area contributed by atoms with Gasteiger partial charge in [0.15, 0.2) is 0 Å². The monoisotopic (exact) mass is 703 g/mol. The summed E-state index contributed by atoms with van der Waals surface area (Å²) >= 11 is 0. The molecule has 4 aromatic carbocycles. The summed E-state index contributed by atoms with van der Waals surface area (Å²) in [6.07, 6.45) is -0.821. The van der Waals surface area contributed by atoms with Gasteiger partial charge in [-0.2, -0.15) is 13.2 Å². The summed E-state index contributed by atoms with van der Waals surface area (Å²) in [5, 5.41) is 10.2. The molecule has 51 heavy (non-hydrogen) atoms. The van der Waals surface area contributed by atoms with Crippen LogP contribution in [0.25, 0.3) is 11.1 Å². The number of hydrogen-bond acceptors (Lipinski definition) is 5. The van der Waals surface area contributed by atoms with Crippen LogP contribution in [0.4, 0.5) is 13.2 Å². The number of halogens is 3. The summed E-state index contributed by atoms with van der Waals surface area (Å²) in [4.78, 5) is 39.5. The predicted octanol–water partition coefficient (Wildman–Crippen LogP) is 6.99. The Bertz CT molecular complexity index is 1680. The third-order valence-corrected chi connectivity index (χ3v) is 8.34. The Morgan fingerprint density at radius 1 is 0.784 bits per heavy atom. The summed E-state index contributed by atoms with van der Waals surface area (Å²) in [5.74, 6) is -2.83. The Balaban J connectivity index is 0.000000755. The van der Waals surface area contributed by atoms with Crippen molar-refractivity contribution in [2.24, 2.45) is 0 Å². The first kappa shape index (κ1) is 38.8. The van der Waals surface area contributed by atoms with Gasteiger partial charge in [-0.3, -0.25) is 9.59 Å². The topological polar surface area (TPSA) is 99.2 Å². The quantitative estimate of drug-likeness (QED) is 0.139. The number of likely N-dealkylation sites (tertiary alicyclic amines) is 1. The van der Waals surface area contributed by atoms with Crippen LogP contribution >= 0.6 is 0 Å². The molecule has 1 heterocycles. The fourth-order valence-corrected chi connectivity index (χ4v) is 5.68. The van der Waals surface area contributed by atoms with Crippen LogP contribution < -0.4 is 5.32 Å². The summed E-state index contributed by atoms with van der Waals surface area (Å²) in [7, 11) is 0. The number of aliphatic carboxylic acids is 1. The molecule has 2 amide bonds. The lowest BCUT2D eigenvalue weighted by Gasteiger charge is -2.23. The zero-order chi connectivity index (χ0) is 36.5. The number of aryl methyl sites for hydroxylation is 1. The van der Waals surface area contributed by atoms with Gasteiger partial charge in [-0.25, -0.2) is 4.79 Å². The van der Waals surface area contributed by atoms with Crippen LogP contribution in [0.5, 0.6) is 0 Å². The Morgan fingerprint density at radius 2 is 1.37 bits per heavy atom. The van der Waals surface area contributed by atoms with Crippen molar-refractivity contribution in [1.82, 2.24) is 15.1 Å². The molecule has 0 spiro atoms. The molecule has 11 heteroatoms. The Labute approximate surface area is 296 Å². The number of alkyl halides is 3. The summed E-state index contributed by atoms with van der Waals surface area (Å²) < 4.78 is 37.6. The first-order chi connectivity index (χ1) is 24.6. The van der Waals surface area contributed by atoms with Gasteiger partial charge in [0.2, 0.25) is 5.91 Å². The van der Waals surface area contributed by atoms with Crippen molar-refractivity contribution in [1.29, 1.82) is 0 Å². The van der Waals surface area contributed by atoms with E-state index in [1.165, 1.54) is 18.4 Å². The number of carbonyl (C=O) groups is 3. The predicted molar refractivity (Wildman–Crippen MR) is 190 cm³/mol. The molecule has 270 valence electrons. The Kier molecular flexibility index (Phi) is 15.2. The molecule has 0 atom stereocenters. The van der Waals surface area contributed by atoms with E-state index in [1.54, 1.807) is 0 Å². The molecule has 0 aromatic heterocycles. The number of carboxylic acids is 1. The van der Waals surface area contributed by atoms with Gasteiger partial charge in [-0.05, 0) is 84.8 Å². The van der Waals surface area contributed by atoms with E-state index < -0.39 is 12.1 Å². The average Bonchev–Trinajstić information content (AvgIpc) is 3.66. The fraction of sp³-hybridized carbons (Fsp3) is 0.325. The maximum absolute atomic E-state index is 13.4. The number of ether oxygens (including phenoxy) is 1. The second-order valence-corrected chi connectivity index (χ2v) is 12.3. The molecule has 0 bridgehead atoms. The molecule has 2 N–H and O–H groups in total. The molecule has 0 unspecified atom stereocenters. The van der Waals surface area contributed by atoms with Gasteiger partial charge in [-0.1, -0.05) is 91.0 Å². The summed E-state index contributed by atoms with van der Waals surface area (Å²) in [6.45, 7) is 5.37. The minimum atomic E-state index is -5.08. The molecule has 4 aromatic rings. The van der Waals surface area contributed by atoms with Crippen molar-refractivity contribution in [2.45, 2.75) is 45.0 Å².